The van der Waals surface area contributed by atoms with Crippen molar-refractivity contribution in [3.8, 4) is 11.4 Å². The zero-order valence-electron chi connectivity index (χ0n) is 14.6. The Morgan fingerprint density at radius 2 is 2.04 bits per heavy atom. The minimum atomic E-state index is -0.433. The normalized spacial score (nSPS) is 16.6. The van der Waals surface area contributed by atoms with E-state index in [9.17, 15) is 9.59 Å². The lowest BCUT2D eigenvalue weighted by molar-refractivity contribution is -0.131. The first-order valence-corrected chi connectivity index (χ1v) is 9.59. The van der Waals surface area contributed by atoms with Crippen LogP contribution in [0.4, 0.5) is 0 Å². The quantitative estimate of drug-likeness (QED) is 0.708. The summed E-state index contributed by atoms with van der Waals surface area (Å²) in [6.07, 6.45) is 1.99. The third-order valence-corrected chi connectivity index (χ3v) is 5.85. The van der Waals surface area contributed by atoms with E-state index < -0.39 is 5.91 Å². The molecule has 1 aliphatic rings. The molecule has 27 heavy (non-hydrogen) atoms. The molecule has 0 aliphatic carbocycles. The summed E-state index contributed by atoms with van der Waals surface area (Å²) in [5.74, 6) is 0.703. The van der Waals surface area contributed by atoms with Gasteiger partial charge >= 0.3 is 0 Å². The van der Waals surface area contributed by atoms with Crippen molar-refractivity contribution >= 4 is 23.2 Å². The summed E-state index contributed by atoms with van der Waals surface area (Å²) in [6.45, 7) is 0.701. The standard InChI is InChI=1S/C19H19N5O2S/c20-18(26)15-9-8-14(27-15)13-7-4-10-24(13)17(25)11-16-21-19(23-22-16)12-5-2-1-3-6-12/h1-3,5-6,8-9,13H,4,7,10-11H2,(H2,20,26)(H,21,22,23). The van der Waals surface area contributed by atoms with Crippen molar-refractivity contribution in [1.82, 2.24) is 20.1 Å². The maximum absolute atomic E-state index is 12.8. The number of hydrogen-bond donors (Lipinski definition) is 2. The van der Waals surface area contributed by atoms with Crippen LogP contribution in [0.25, 0.3) is 11.4 Å². The monoisotopic (exact) mass is 381 g/mol. The molecular weight excluding hydrogens is 362 g/mol. The Kier molecular flexibility index (Phi) is 4.72. The fraction of sp³-hybridized carbons (Fsp3) is 0.263. The Labute approximate surface area is 160 Å². The molecule has 2 aromatic heterocycles. The minimum absolute atomic E-state index is 0.00212. The lowest BCUT2D eigenvalue weighted by Crippen LogP contribution is -2.31. The van der Waals surface area contributed by atoms with Gasteiger partial charge in [0.25, 0.3) is 5.91 Å². The van der Waals surface area contributed by atoms with Gasteiger partial charge in [-0.05, 0) is 25.0 Å². The lowest BCUT2D eigenvalue weighted by Gasteiger charge is -2.23. The molecule has 138 valence electrons. The van der Waals surface area contributed by atoms with E-state index in [1.165, 1.54) is 11.3 Å². The van der Waals surface area contributed by atoms with Gasteiger partial charge in [0.2, 0.25) is 5.91 Å². The number of primary amides is 1. The van der Waals surface area contributed by atoms with Crippen molar-refractivity contribution in [1.29, 1.82) is 0 Å². The number of hydrogen-bond acceptors (Lipinski definition) is 5. The van der Waals surface area contributed by atoms with Crippen LogP contribution in [0.5, 0.6) is 0 Å². The van der Waals surface area contributed by atoms with E-state index in [0.29, 0.717) is 23.1 Å². The summed E-state index contributed by atoms with van der Waals surface area (Å²) >= 11 is 1.36. The molecule has 3 aromatic rings. The van der Waals surface area contributed by atoms with Gasteiger partial charge in [-0.25, -0.2) is 4.98 Å². The van der Waals surface area contributed by atoms with Crippen LogP contribution in [0, 0.1) is 0 Å². The number of nitrogens with two attached hydrogens (primary N) is 1. The molecule has 1 fully saturated rings. The van der Waals surface area contributed by atoms with Crippen molar-refractivity contribution in [3.05, 3.63) is 58.0 Å². The van der Waals surface area contributed by atoms with E-state index in [0.717, 1.165) is 23.3 Å². The number of carbonyl (C=O) groups is 2. The summed E-state index contributed by atoms with van der Waals surface area (Å²) in [6, 6.07) is 13.3. The van der Waals surface area contributed by atoms with E-state index in [-0.39, 0.29) is 18.4 Å². The number of likely N-dealkylation sites (tertiary alicyclic amines) is 1. The van der Waals surface area contributed by atoms with Crippen LogP contribution in [-0.2, 0) is 11.2 Å². The smallest absolute Gasteiger partial charge is 0.258 e. The number of amides is 2. The van der Waals surface area contributed by atoms with Crippen molar-refractivity contribution in [2.75, 3.05) is 6.54 Å². The van der Waals surface area contributed by atoms with Crippen molar-refractivity contribution in [2.24, 2.45) is 5.73 Å². The number of H-pyrrole nitrogens is 1. The molecule has 2 amide bonds. The lowest BCUT2D eigenvalue weighted by atomic mass is 10.2. The van der Waals surface area contributed by atoms with Crippen LogP contribution >= 0.6 is 11.3 Å². The Morgan fingerprint density at radius 1 is 1.22 bits per heavy atom. The maximum Gasteiger partial charge on any atom is 0.258 e. The summed E-state index contributed by atoms with van der Waals surface area (Å²) in [5, 5.41) is 7.07. The Hall–Kier alpha value is -3.00. The number of rotatable bonds is 5. The van der Waals surface area contributed by atoms with Gasteiger partial charge in [-0.15, -0.1) is 11.3 Å². The molecule has 1 saturated heterocycles. The van der Waals surface area contributed by atoms with Gasteiger partial charge < -0.3 is 10.6 Å². The maximum atomic E-state index is 12.8. The van der Waals surface area contributed by atoms with Gasteiger partial charge in [-0.2, -0.15) is 5.10 Å². The van der Waals surface area contributed by atoms with E-state index >= 15 is 0 Å². The molecule has 3 N–H and O–H groups in total. The predicted molar refractivity (Wildman–Crippen MR) is 102 cm³/mol. The molecule has 1 atom stereocenters. The third kappa shape index (κ3) is 3.61. The number of aromatic nitrogens is 3. The predicted octanol–water partition coefficient (Wildman–Crippen LogP) is 2.54. The fourth-order valence-corrected chi connectivity index (χ4v) is 4.37. The molecule has 0 spiro atoms. The fourth-order valence-electron chi connectivity index (χ4n) is 3.36. The molecule has 1 aliphatic heterocycles. The summed E-state index contributed by atoms with van der Waals surface area (Å²) in [4.78, 5) is 32.0. The van der Waals surface area contributed by atoms with Crippen LogP contribution in [0.15, 0.2) is 42.5 Å². The number of aromatic amines is 1. The van der Waals surface area contributed by atoms with Gasteiger partial charge in [0.1, 0.15) is 5.82 Å². The topological polar surface area (TPSA) is 105 Å². The minimum Gasteiger partial charge on any atom is -0.365 e. The number of nitrogens with zero attached hydrogens (tertiary/aromatic N) is 3. The Bertz CT molecular complexity index is 965. The van der Waals surface area contributed by atoms with Crippen molar-refractivity contribution < 1.29 is 9.59 Å². The molecule has 4 rings (SSSR count). The molecule has 0 radical (unpaired) electrons. The highest BCUT2D eigenvalue weighted by Crippen LogP contribution is 2.36. The number of nitrogens with one attached hydrogen (secondary N) is 1. The SMILES string of the molecule is NC(=O)c1ccc(C2CCCN2C(=O)Cc2nc(-c3ccccc3)n[nH]2)s1. The van der Waals surface area contributed by atoms with Crippen LogP contribution < -0.4 is 5.73 Å². The molecule has 1 aromatic carbocycles. The molecule has 3 heterocycles. The zero-order valence-corrected chi connectivity index (χ0v) is 15.4. The number of thiophene rings is 1. The molecule has 0 saturated carbocycles. The highest BCUT2D eigenvalue weighted by atomic mass is 32.1. The van der Waals surface area contributed by atoms with Gasteiger partial charge in [0.15, 0.2) is 5.82 Å². The van der Waals surface area contributed by atoms with E-state index in [1.807, 2.05) is 41.3 Å². The highest BCUT2D eigenvalue weighted by molar-refractivity contribution is 7.14. The summed E-state index contributed by atoms with van der Waals surface area (Å²) in [5.41, 5.74) is 6.25. The molecule has 8 heteroatoms. The van der Waals surface area contributed by atoms with Crippen molar-refractivity contribution in [3.63, 3.8) is 0 Å². The molecule has 1 unspecified atom stereocenters. The molecule has 0 bridgehead atoms. The van der Waals surface area contributed by atoms with Gasteiger partial charge in [-0.1, -0.05) is 30.3 Å². The molecular formula is C19H19N5O2S. The van der Waals surface area contributed by atoms with Crippen molar-refractivity contribution in [2.45, 2.75) is 25.3 Å². The van der Waals surface area contributed by atoms with Gasteiger partial charge in [-0.3, -0.25) is 14.7 Å². The zero-order chi connectivity index (χ0) is 18.8. The van der Waals surface area contributed by atoms with Crippen LogP contribution in [0.2, 0.25) is 0 Å². The Balaban J connectivity index is 1.47. The average Bonchev–Trinajstić information content (AvgIpc) is 3.41. The second-order valence-electron chi connectivity index (χ2n) is 6.46. The summed E-state index contributed by atoms with van der Waals surface area (Å²) in [7, 11) is 0. The van der Waals surface area contributed by atoms with Gasteiger partial charge in [0.05, 0.1) is 17.3 Å². The van der Waals surface area contributed by atoms with Crippen LogP contribution in [-0.4, -0.2) is 38.4 Å². The molecule has 7 nitrogen and oxygen atoms in total. The third-order valence-electron chi connectivity index (χ3n) is 4.65. The van der Waals surface area contributed by atoms with E-state index in [2.05, 4.69) is 15.2 Å². The largest absolute Gasteiger partial charge is 0.365 e. The number of benzene rings is 1. The van der Waals surface area contributed by atoms with Crippen LogP contribution in [0.1, 0.15) is 39.3 Å². The average molecular weight is 381 g/mol. The highest BCUT2D eigenvalue weighted by Gasteiger charge is 2.31. The Morgan fingerprint density at radius 3 is 2.78 bits per heavy atom. The van der Waals surface area contributed by atoms with Gasteiger partial charge in [0, 0.05) is 17.0 Å². The number of carbonyl (C=O) groups excluding carboxylic acids is 2. The second-order valence-corrected chi connectivity index (χ2v) is 7.58. The van der Waals surface area contributed by atoms with E-state index in [1.54, 1.807) is 6.07 Å². The first-order chi connectivity index (χ1) is 13.1. The van der Waals surface area contributed by atoms with E-state index in [4.69, 9.17) is 5.73 Å². The first-order valence-electron chi connectivity index (χ1n) is 8.77. The van der Waals surface area contributed by atoms with Crippen LogP contribution in [0.3, 0.4) is 0 Å². The second kappa shape index (κ2) is 7.32. The first kappa shape index (κ1) is 17.4. The summed E-state index contributed by atoms with van der Waals surface area (Å²) < 4.78 is 0.